The smallest absolute Gasteiger partial charge is 0.217 e. The Morgan fingerprint density at radius 3 is 2.87 bits per heavy atom. The van der Waals surface area contributed by atoms with Crippen molar-refractivity contribution >= 4 is 29.1 Å². The number of amidine groups is 1. The fraction of sp³-hybridized carbons (Fsp3) is 0.438. The topological polar surface area (TPSA) is 64.4 Å². The van der Waals surface area contributed by atoms with Crippen LogP contribution < -0.4 is 10.6 Å². The van der Waals surface area contributed by atoms with E-state index in [9.17, 15) is 0 Å². The van der Waals surface area contributed by atoms with Gasteiger partial charge in [-0.05, 0) is 18.2 Å². The zero-order chi connectivity index (χ0) is 16.5. The van der Waals surface area contributed by atoms with Gasteiger partial charge in [0, 0.05) is 13.6 Å². The lowest BCUT2D eigenvalue weighted by Crippen LogP contribution is -2.35. The highest BCUT2D eigenvalue weighted by Crippen LogP contribution is 2.05. The van der Waals surface area contributed by atoms with Crippen molar-refractivity contribution in [1.82, 2.24) is 15.6 Å². The molecule has 1 fully saturated rings. The Balaban J connectivity index is 2.05. The van der Waals surface area contributed by atoms with Crippen LogP contribution in [-0.2, 0) is 0 Å². The Kier molecular flexibility index (Phi) is 6.93. The van der Waals surface area contributed by atoms with Crippen LogP contribution in [-0.4, -0.2) is 54.9 Å². The van der Waals surface area contributed by atoms with E-state index in [-0.39, 0.29) is 6.17 Å². The molecule has 1 aliphatic rings. The van der Waals surface area contributed by atoms with E-state index in [2.05, 4.69) is 27.7 Å². The van der Waals surface area contributed by atoms with Crippen molar-refractivity contribution in [3.8, 4) is 0 Å². The quantitative estimate of drug-likeness (QED) is 0.639. The Labute approximate surface area is 142 Å². The van der Waals surface area contributed by atoms with E-state index in [0.717, 1.165) is 36.2 Å². The molecule has 2 N–H and O–H groups in total. The molecular weight excluding hydrogens is 308 g/mol. The van der Waals surface area contributed by atoms with Crippen LogP contribution in [0.5, 0.6) is 0 Å². The molecule has 23 heavy (non-hydrogen) atoms. The molecule has 0 aliphatic carbocycles. The number of aliphatic imine (C=N–C) groups is 2. The fourth-order valence-electron chi connectivity index (χ4n) is 2.10. The van der Waals surface area contributed by atoms with Crippen molar-refractivity contribution < 1.29 is 0 Å². The predicted molar refractivity (Wildman–Crippen MR) is 100 cm³/mol. The molecule has 1 unspecified atom stereocenters. The normalized spacial score (nSPS) is 18.5. The number of hydrogen-bond acceptors (Lipinski definition) is 4. The first-order valence-electron chi connectivity index (χ1n) is 7.72. The molecule has 1 aliphatic heterocycles. The van der Waals surface area contributed by atoms with Gasteiger partial charge >= 0.3 is 0 Å². The highest BCUT2D eigenvalue weighted by Gasteiger charge is 2.18. The van der Waals surface area contributed by atoms with Crippen LogP contribution in [0.3, 0.4) is 0 Å². The molecule has 0 saturated carbocycles. The lowest BCUT2D eigenvalue weighted by atomic mass is 10.2. The van der Waals surface area contributed by atoms with Gasteiger partial charge in [0.15, 0.2) is 5.17 Å². The Morgan fingerprint density at radius 2 is 2.22 bits per heavy atom. The van der Waals surface area contributed by atoms with E-state index in [0.29, 0.717) is 0 Å². The fourth-order valence-corrected chi connectivity index (χ4v) is 2.54. The second-order valence-corrected chi connectivity index (χ2v) is 5.75. The third-order valence-corrected chi connectivity index (χ3v) is 4.04. The molecule has 0 aromatic heterocycles. The van der Waals surface area contributed by atoms with Crippen LogP contribution in [0.25, 0.3) is 0 Å². The predicted octanol–water partition coefficient (Wildman–Crippen LogP) is 1.96. The first-order valence-corrected chi connectivity index (χ1v) is 8.94. The van der Waals surface area contributed by atoms with E-state index in [1.165, 1.54) is 0 Å². The average Bonchev–Trinajstić information content (AvgIpc) is 3.04. The van der Waals surface area contributed by atoms with Gasteiger partial charge in [-0.1, -0.05) is 49.0 Å². The Hall–Kier alpha value is -2.02. The summed E-state index contributed by atoms with van der Waals surface area (Å²) in [7, 11) is 1.78. The largest absolute Gasteiger partial charge is 0.353 e. The molecular formula is C16H24N6S. The van der Waals surface area contributed by atoms with Crippen LogP contribution >= 0.6 is 11.8 Å². The molecule has 1 aromatic carbocycles. The summed E-state index contributed by atoms with van der Waals surface area (Å²) in [6.45, 7) is 3.76. The number of rotatable bonds is 5. The number of hydrazone groups is 1. The molecule has 7 heteroatoms. The van der Waals surface area contributed by atoms with E-state index >= 15 is 0 Å². The molecule has 1 aromatic rings. The van der Waals surface area contributed by atoms with Crippen LogP contribution in [0.2, 0.25) is 0 Å². The maximum absolute atomic E-state index is 4.74. The average molecular weight is 332 g/mol. The number of nitrogens with one attached hydrogen (secondary N) is 2. The van der Waals surface area contributed by atoms with Gasteiger partial charge in [-0.15, -0.1) is 0 Å². The number of nitrogens with zero attached hydrogens (tertiary/aromatic N) is 4. The van der Waals surface area contributed by atoms with Crippen LogP contribution in [0, 0.1) is 0 Å². The summed E-state index contributed by atoms with van der Waals surface area (Å²) in [6, 6.07) is 10.1. The third kappa shape index (κ3) is 5.28. The zero-order valence-corrected chi connectivity index (χ0v) is 14.7. The minimum Gasteiger partial charge on any atom is -0.353 e. The third-order valence-electron chi connectivity index (χ3n) is 3.35. The van der Waals surface area contributed by atoms with Crippen LogP contribution in [0.1, 0.15) is 18.9 Å². The standard InChI is InChI=1S/C16H24N6S/c1-4-14(21-16(17-2)23-3)20-15-18-10-11-22(15)19-12-13-8-6-5-7-9-13/h5-9,12,14H,4,10-11H2,1-3H3,(H,17,21)(H,18,20). The summed E-state index contributed by atoms with van der Waals surface area (Å²) >= 11 is 1.59. The van der Waals surface area contributed by atoms with Gasteiger partial charge in [0.1, 0.15) is 6.17 Å². The summed E-state index contributed by atoms with van der Waals surface area (Å²) in [4.78, 5) is 8.94. The highest BCUT2D eigenvalue weighted by molar-refractivity contribution is 8.13. The van der Waals surface area contributed by atoms with Crippen molar-refractivity contribution in [3.63, 3.8) is 0 Å². The van der Waals surface area contributed by atoms with E-state index in [1.807, 2.05) is 47.8 Å². The van der Waals surface area contributed by atoms with Gasteiger partial charge in [-0.25, -0.2) is 10.0 Å². The van der Waals surface area contributed by atoms with Gasteiger partial charge in [-0.3, -0.25) is 4.99 Å². The summed E-state index contributed by atoms with van der Waals surface area (Å²) in [5.41, 5.74) is 1.08. The first kappa shape index (κ1) is 17.3. The van der Waals surface area contributed by atoms with E-state index in [4.69, 9.17) is 4.99 Å². The molecule has 6 nitrogen and oxygen atoms in total. The summed E-state index contributed by atoms with van der Waals surface area (Å²) in [5.74, 6) is 0.799. The van der Waals surface area contributed by atoms with Gasteiger partial charge in [0.25, 0.3) is 0 Å². The van der Waals surface area contributed by atoms with Crippen molar-refractivity contribution in [2.45, 2.75) is 19.5 Å². The van der Waals surface area contributed by atoms with Crippen LogP contribution in [0.15, 0.2) is 45.4 Å². The van der Waals surface area contributed by atoms with E-state index < -0.39 is 0 Å². The first-order chi connectivity index (χ1) is 11.3. The second-order valence-electron chi connectivity index (χ2n) is 4.96. The van der Waals surface area contributed by atoms with Crippen molar-refractivity contribution in [3.05, 3.63) is 35.9 Å². The number of thioether (sulfide) groups is 1. The number of hydrogen-bond donors (Lipinski definition) is 2. The molecule has 124 valence electrons. The minimum atomic E-state index is -0.0174. The molecule has 0 bridgehead atoms. The van der Waals surface area contributed by atoms with Gasteiger partial charge < -0.3 is 10.6 Å². The molecule has 0 radical (unpaired) electrons. The molecule has 1 heterocycles. The molecule has 2 rings (SSSR count). The Morgan fingerprint density at radius 1 is 1.43 bits per heavy atom. The van der Waals surface area contributed by atoms with Crippen molar-refractivity contribution in [2.75, 3.05) is 26.4 Å². The number of guanidine groups is 1. The second kappa shape index (κ2) is 9.19. The Bertz CT molecular complexity index is 569. The van der Waals surface area contributed by atoms with Gasteiger partial charge in [0.2, 0.25) is 5.96 Å². The van der Waals surface area contributed by atoms with Crippen molar-refractivity contribution in [1.29, 1.82) is 0 Å². The molecule has 1 atom stereocenters. The lowest BCUT2D eigenvalue weighted by Gasteiger charge is -2.17. The maximum Gasteiger partial charge on any atom is 0.217 e. The minimum absolute atomic E-state index is 0.0174. The van der Waals surface area contributed by atoms with Crippen molar-refractivity contribution in [2.24, 2.45) is 15.1 Å². The lowest BCUT2D eigenvalue weighted by molar-refractivity contribution is 0.487. The molecule has 0 amide bonds. The number of benzene rings is 1. The monoisotopic (exact) mass is 332 g/mol. The van der Waals surface area contributed by atoms with Gasteiger partial charge in [-0.2, -0.15) is 5.10 Å². The zero-order valence-electron chi connectivity index (χ0n) is 13.9. The molecule has 1 saturated heterocycles. The van der Waals surface area contributed by atoms with Crippen LogP contribution in [0.4, 0.5) is 0 Å². The summed E-state index contributed by atoms with van der Waals surface area (Å²) < 4.78 is 0. The van der Waals surface area contributed by atoms with E-state index in [1.54, 1.807) is 18.8 Å². The van der Waals surface area contributed by atoms with Gasteiger partial charge in [0.05, 0.1) is 12.8 Å². The summed E-state index contributed by atoms with van der Waals surface area (Å²) in [5, 5.41) is 13.9. The summed E-state index contributed by atoms with van der Waals surface area (Å²) in [6.07, 6.45) is 4.72. The maximum atomic E-state index is 4.74. The SMILES string of the molecule is CCC(N=C1NCCN1N=Cc1ccccc1)NC(=NC)SC. The highest BCUT2D eigenvalue weighted by atomic mass is 32.2. The molecule has 0 spiro atoms.